The smallest absolute Gasteiger partial charge is 0.387 e. The molecule has 168 valence electrons. The minimum atomic E-state index is -2.90. The van der Waals surface area contributed by atoms with Crippen LogP contribution in [0, 0.1) is 0 Å². The predicted molar refractivity (Wildman–Crippen MR) is 123 cm³/mol. The number of nitrogens with zero attached hydrogens (tertiary/aromatic N) is 1. The number of fused-ring (bicyclic) bond motifs is 1. The highest BCUT2D eigenvalue weighted by Crippen LogP contribution is 2.24. The summed E-state index contributed by atoms with van der Waals surface area (Å²) in [5, 5.41) is 16.6. The van der Waals surface area contributed by atoms with Gasteiger partial charge in [-0.15, -0.1) is 11.8 Å². The number of pyridine rings is 1. The number of allylic oxidation sites excluding steroid dienone is 1. The Balaban J connectivity index is 1.73. The second-order valence-corrected chi connectivity index (χ2v) is 8.04. The zero-order chi connectivity index (χ0) is 23.1. The second-order valence-electron chi connectivity index (χ2n) is 6.77. The number of phenols is 1. The van der Waals surface area contributed by atoms with E-state index in [2.05, 4.69) is 20.4 Å². The van der Waals surface area contributed by atoms with Gasteiger partial charge in [0.15, 0.2) is 0 Å². The molecule has 2 aromatic carbocycles. The van der Waals surface area contributed by atoms with Crippen LogP contribution in [-0.2, 0) is 11.3 Å². The maximum Gasteiger partial charge on any atom is 0.387 e. The Kier molecular flexibility index (Phi) is 7.88. The summed E-state index contributed by atoms with van der Waals surface area (Å²) in [4.78, 5) is 17.6. The fraction of sp³-hybridized carbons (Fsp3) is 0.217. The zero-order valence-corrected chi connectivity index (χ0v) is 18.4. The first-order chi connectivity index (χ1) is 15.4. The molecule has 1 amide bonds. The van der Waals surface area contributed by atoms with Crippen LogP contribution in [0.25, 0.3) is 10.9 Å². The number of carbonyl (C=O) groups excluding carboxylic acids is 1. The number of aromatic nitrogens is 1. The van der Waals surface area contributed by atoms with Gasteiger partial charge in [-0.2, -0.15) is 8.78 Å². The number of ether oxygens (including phenoxy) is 1. The number of alkyl halides is 2. The number of anilines is 1. The van der Waals surface area contributed by atoms with Crippen molar-refractivity contribution in [1.29, 1.82) is 0 Å². The van der Waals surface area contributed by atoms with Crippen LogP contribution in [0.5, 0.6) is 11.5 Å². The molecular weight excluding hydrogens is 436 g/mol. The van der Waals surface area contributed by atoms with Gasteiger partial charge in [-0.1, -0.05) is 6.92 Å². The number of aromatic hydroxyl groups is 1. The lowest BCUT2D eigenvalue weighted by Gasteiger charge is -2.15. The molecule has 0 saturated heterocycles. The van der Waals surface area contributed by atoms with E-state index >= 15 is 0 Å². The summed E-state index contributed by atoms with van der Waals surface area (Å²) in [6.45, 7) is 1.34. The van der Waals surface area contributed by atoms with Crippen molar-refractivity contribution in [1.82, 2.24) is 10.3 Å². The lowest BCUT2D eigenvalue weighted by atomic mass is 10.1. The highest BCUT2D eigenvalue weighted by atomic mass is 32.2. The lowest BCUT2D eigenvalue weighted by molar-refractivity contribution is -0.112. The Morgan fingerprint density at radius 1 is 1.19 bits per heavy atom. The van der Waals surface area contributed by atoms with Crippen molar-refractivity contribution in [3.05, 3.63) is 70.9 Å². The Morgan fingerprint density at radius 3 is 2.62 bits per heavy atom. The van der Waals surface area contributed by atoms with E-state index in [0.29, 0.717) is 34.1 Å². The van der Waals surface area contributed by atoms with Crippen molar-refractivity contribution in [2.75, 3.05) is 11.1 Å². The van der Waals surface area contributed by atoms with Gasteiger partial charge in [0.05, 0.1) is 10.4 Å². The number of hydrogen-bond donors (Lipinski definition) is 3. The topological polar surface area (TPSA) is 83.5 Å². The van der Waals surface area contributed by atoms with E-state index in [1.54, 1.807) is 18.3 Å². The number of thioether (sulfide) groups is 1. The molecule has 0 aliphatic rings. The fourth-order valence-electron chi connectivity index (χ4n) is 3.05. The molecule has 3 aromatic rings. The zero-order valence-electron chi connectivity index (χ0n) is 17.6. The van der Waals surface area contributed by atoms with Gasteiger partial charge in [-0.05, 0) is 60.7 Å². The van der Waals surface area contributed by atoms with Gasteiger partial charge < -0.3 is 20.5 Å². The van der Waals surface area contributed by atoms with Crippen molar-refractivity contribution in [3.63, 3.8) is 0 Å². The molecule has 6 nitrogen and oxygen atoms in total. The number of benzene rings is 2. The SMILES string of the molecule is CCS/C(C(=O)Nc1ccc(OC(F)F)cc1)=C(\C)NCc1ccnc2cc(O)ccc12. The van der Waals surface area contributed by atoms with Crippen LogP contribution < -0.4 is 15.4 Å². The molecule has 0 aliphatic heterocycles. The van der Waals surface area contributed by atoms with Crippen molar-refractivity contribution in [3.8, 4) is 11.5 Å². The van der Waals surface area contributed by atoms with Gasteiger partial charge in [-0.3, -0.25) is 9.78 Å². The van der Waals surface area contributed by atoms with E-state index in [9.17, 15) is 18.7 Å². The van der Waals surface area contributed by atoms with Crippen LogP contribution in [0.2, 0.25) is 0 Å². The molecule has 0 aliphatic carbocycles. The van der Waals surface area contributed by atoms with Gasteiger partial charge in [0.25, 0.3) is 5.91 Å². The average Bonchev–Trinajstić information content (AvgIpc) is 2.76. The quantitative estimate of drug-likeness (QED) is 0.379. The summed E-state index contributed by atoms with van der Waals surface area (Å²) >= 11 is 1.40. The van der Waals surface area contributed by atoms with Crippen molar-refractivity contribution >= 4 is 34.3 Å². The molecule has 0 bridgehead atoms. The van der Waals surface area contributed by atoms with E-state index in [4.69, 9.17) is 0 Å². The van der Waals surface area contributed by atoms with E-state index < -0.39 is 6.61 Å². The largest absolute Gasteiger partial charge is 0.508 e. The first-order valence-corrected chi connectivity index (χ1v) is 10.9. The van der Waals surface area contributed by atoms with Crippen LogP contribution in [0.15, 0.2) is 65.3 Å². The molecule has 32 heavy (non-hydrogen) atoms. The normalized spacial score (nSPS) is 11.9. The molecule has 0 fully saturated rings. The fourth-order valence-corrected chi connectivity index (χ4v) is 3.81. The number of halogens is 2. The molecular formula is C23H23F2N3O3S. The second kappa shape index (κ2) is 10.8. The predicted octanol–water partition coefficient (Wildman–Crippen LogP) is 5.25. The Morgan fingerprint density at radius 2 is 1.94 bits per heavy atom. The maximum atomic E-state index is 12.8. The lowest BCUT2D eigenvalue weighted by Crippen LogP contribution is -2.20. The molecule has 3 N–H and O–H groups in total. The van der Waals surface area contributed by atoms with Gasteiger partial charge >= 0.3 is 6.61 Å². The molecule has 0 atom stereocenters. The minimum Gasteiger partial charge on any atom is -0.508 e. The molecule has 9 heteroatoms. The van der Waals surface area contributed by atoms with E-state index in [1.165, 1.54) is 36.0 Å². The molecule has 0 spiro atoms. The summed E-state index contributed by atoms with van der Waals surface area (Å²) < 4.78 is 28.9. The van der Waals surface area contributed by atoms with Crippen molar-refractivity contribution in [2.45, 2.75) is 27.0 Å². The third kappa shape index (κ3) is 6.10. The Labute approximate surface area is 188 Å². The van der Waals surface area contributed by atoms with E-state index in [1.807, 2.05) is 26.0 Å². The Hall–Kier alpha value is -3.33. The molecule has 3 rings (SSSR count). The summed E-state index contributed by atoms with van der Waals surface area (Å²) in [6.07, 6.45) is 1.67. The van der Waals surface area contributed by atoms with Gasteiger partial charge in [0.1, 0.15) is 11.5 Å². The number of carbonyl (C=O) groups is 1. The molecule has 0 saturated carbocycles. The monoisotopic (exact) mass is 459 g/mol. The summed E-state index contributed by atoms with van der Waals surface area (Å²) in [5.41, 5.74) is 2.84. The molecule has 0 unspecified atom stereocenters. The third-order valence-corrected chi connectivity index (χ3v) is 5.60. The first-order valence-electron chi connectivity index (χ1n) is 9.87. The van der Waals surface area contributed by atoms with Crippen LogP contribution in [0.1, 0.15) is 19.4 Å². The van der Waals surface area contributed by atoms with E-state index in [-0.39, 0.29) is 17.4 Å². The Bertz CT molecular complexity index is 1120. The van der Waals surface area contributed by atoms with Gasteiger partial charge in [0.2, 0.25) is 0 Å². The first kappa shape index (κ1) is 23.3. The third-order valence-electron chi connectivity index (χ3n) is 4.53. The average molecular weight is 460 g/mol. The number of phenolic OH excluding ortho intramolecular Hbond substituents is 1. The van der Waals surface area contributed by atoms with Crippen LogP contribution in [-0.4, -0.2) is 28.4 Å². The van der Waals surface area contributed by atoms with Crippen LogP contribution in [0.4, 0.5) is 14.5 Å². The van der Waals surface area contributed by atoms with Gasteiger partial charge in [0, 0.05) is 35.6 Å². The highest BCUT2D eigenvalue weighted by Gasteiger charge is 2.15. The standard InChI is InChI=1S/C23H23F2N3O3S/c1-3-32-21(22(30)28-16-4-7-18(8-5-16)31-23(24)25)14(2)27-13-15-10-11-26-20-12-17(29)6-9-19(15)20/h4-12,23,27,29H,3,13H2,1-2H3,(H,28,30)/b21-14+. The summed E-state index contributed by atoms with van der Waals surface area (Å²) in [7, 11) is 0. The maximum absolute atomic E-state index is 12.8. The molecule has 1 aromatic heterocycles. The number of rotatable bonds is 9. The number of hydrogen-bond acceptors (Lipinski definition) is 6. The summed E-state index contributed by atoms with van der Waals surface area (Å²) in [6, 6.07) is 12.7. The number of amides is 1. The molecule has 1 heterocycles. The molecule has 0 radical (unpaired) electrons. The van der Waals surface area contributed by atoms with Gasteiger partial charge in [-0.25, -0.2) is 0 Å². The highest BCUT2D eigenvalue weighted by molar-refractivity contribution is 8.04. The van der Waals surface area contributed by atoms with E-state index in [0.717, 1.165) is 10.9 Å². The summed E-state index contributed by atoms with van der Waals surface area (Å²) in [5.74, 6) is 0.569. The van der Waals surface area contributed by atoms with Crippen molar-refractivity contribution in [2.24, 2.45) is 0 Å². The van der Waals surface area contributed by atoms with Crippen LogP contribution >= 0.6 is 11.8 Å². The minimum absolute atomic E-state index is 0.0208. The van der Waals surface area contributed by atoms with Crippen molar-refractivity contribution < 1.29 is 23.4 Å². The number of nitrogens with one attached hydrogen (secondary N) is 2. The van der Waals surface area contributed by atoms with Crippen LogP contribution in [0.3, 0.4) is 0 Å².